The van der Waals surface area contributed by atoms with Gasteiger partial charge in [-0.2, -0.15) is 0 Å². The third-order valence-electron chi connectivity index (χ3n) is 6.48. The molecular formula is C30H44N2. The van der Waals surface area contributed by atoms with E-state index in [1.54, 1.807) is 0 Å². The van der Waals surface area contributed by atoms with Crippen LogP contribution in [-0.2, 0) is 12.8 Å². The zero-order valence-corrected chi connectivity index (χ0v) is 21.0. The number of nitrogens with two attached hydrogens (primary N) is 1. The number of hydrogen-bond donors (Lipinski definition) is 1. The lowest BCUT2D eigenvalue weighted by Gasteiger charge is -2.19. The van der Waals surface area contributed by atoms with E-state index in [0.29, 0.717) is 5.84 Å². The number of nitrogens with zero attached hydrogens (tertiary/aromatic N) is 1. The van der Waals surface area contributed by atoms with E-state index in [-0.39, 0.29) is 5.92 Å². The number of amidine groups is 1. The quantitative estimate of drug-likeness (QED) is 0.332. The molecule has 0 aromatic heterocycles. The maximum atomic E-state index is 5.85. The second-order valence-corrected chi connectivity index (χ2v) is 9.24. The number of rotatable bonds is 8. The van der Waals surface area contributed by atoms with E-state index in [1.807, 2.05) is 13.8 Å². The average Bonchev–Trinajstić information content (AvgIpc) is 3.31. The van der Waals surface area contributed by atoms with Crippen LogP contribution in [0.4, 0.5) is 0 Å². The topological polar surface area (TPSA) is 38.4 Å². The molecular weight excluding hydrogens is 388 g/mol. The number of hydrogen-bond acceptors (Lipinski definition) is 1. The van der Waals surface area contributed by atoms with Gasteiger partial charge in [0.15, 0.2) is 0 Å². The Morgan fingerprint density at radius 2 is 1.59 bits per heavy atom. The van der Waals surface area contributed by atoms with Gasteiger partial charge in [0.05, 0.1) is 5.84 Å². The number of benzene rings is 2. The Labute approximate surface area is 197 Å². The molecule has 1 aliphatic carbocycles. The van der Waals surface area contributed by atoms with Crippen LogP contribution in [0.25, 0.3) is 0 Å². The summed E-state index contributed by atoms with van der Waals surface area (Å²) in [5.41, 5.74) is 12.1. The third-order valence-corrected chi connectivity index (χ3v) is 6.48. The zero-order chi connectivity index (χ0) is 23.3. The van der Waals surface area contributed by atoms with Gasteiger partial charge in [-0.15, -0.1) is 0 Å². The van der Waals surface area contributed by atoms with Gasteiger partial charge in [-0.05, 0) is 56.2 Å². The zero-order valence-electron chi connectivity index (χ0n) is 21.0. The van der Waals surface area contributed by atoms with Gasteiger partial charge in [0.1, 0.15) is 0 Å². The van der Waals surface area contributed by atoms with Crippen LogP contribution in [0.1, 0.15) is 94.4 Å². The lowest BCUT2D eigenvalue weighted by Crippen LogP contribution is -2.11. The minimum Gasteiger partial charge on any atom is -0.387 e. The summed E-state index contributed by atoms with van der Waals surface area (Å²) in [5.74, 6) is 1.92. The van der Waals surface area contributed by atoms with Crippen LogP contribution in [0.3, 0.4) is 0 Å². The van der Waals surface area contributed by atoms with E-state index >= 15 is 0 Å². The smallest absolute Gasteiger partial charge is 0.0961 e. The summed E-state index contributed by atoms with van der Waals surface area (Å²) in [6.07, 6.45) is 13.0. The standard InChI is InChI=1S/C22H28N2.C8H16/c1-5-18-11-13-20(14-12-18)21(22(6-2)24-17(4)23)15-19-9-7-16(3)8-10-19;1-2-5-8-6-3-4-7-8/h6-14,21H,5,15H2,1-4H3,(H2,23,24);8H,2-7H2,1H3/b22-6-;. The summed E-state index contributed by atoms with van der Waals surface area (Å²) < 4.78 is 0. The Kier molecular flexibility index (Phi) is 11.3. The van der Waals surface area contributed by atoms with E-state index in [4.69, 9.17) is 5.73 Å². The Hall–Kier alpha value is -2.35. The molecule has 1 atom stereocenters. The molecule has 2 aromatic rings. The molecule has 3 rings (SSSR count). The van der Waals surface area contributed by atoms with Gasteiger partial charge in [-0.3, -0.25) is 0 Å². The van der Waals surface area contributed by atoms with Gasteiger partial charge >= 0.3 is 0 Å². The molecule has 1 unspecified atom stereocenters. The molecule has 0 spiro atoms. The van der Waals surface area contributed by atoms with Crippen LogP contribution in [0.2, 0.25) is 0 Å². The van der Waals surface area contributed by atoms with Crippen molar-refractivity contribution in [1.82, 2.24) is 0 Å². The van der Waals surface area contributed by atoms with Crippen LogP contribution in [0.5, 0.6) is 0 Å². The summed E-state index contributed by atoms with van der Waals surface area (Å²) in [4.78, 5) is 4.58. The third kappa shape index (κ3) is 8.65. The molecule has 0 bridgehead atoms. The van der Waals surface area contributed by atoms with Crippen LogP contribution in [-0.4, -0.2) is 5.84 Å². The molecule has 1 fully saturated rings. The van der Waals surface area contributed by atoms with Crippen molar-refractivity contribution in [3.05, 3.63) is 82.6 Å². The van der Waals surface area contributed by atoms with E-state index in [2.05, 4.69) is 80.4 Å². The largest absolute Gasteiger partial charge is 0.387 e. The molecule has 0 amide bonds. The Bertz CT molecular complexity index is 833. The molecule has 0 aliphatic heterocycles. The van der Waals surface area contributed by atoms with Crippen LogP contribution in [0, 0.1) is 12.8 Å². The van der Waals surface area contributed by atoms with Crippen molar-refractivity contribution in [3.63, 3.8) is 0 Å². The van der Waals surface area contributed by atoms with Gasteiger partial charge in [-0.25, -0.2) is 4.99 Å². The minimum atomic E-state index is 0.210. The fourth-order valence-corrected chi connectivity index (χ4v) is 4.59. The summed E-state index contributed by atoms with van der Waals surface area (Å²) in [6.45, 7) is 10.5. The lowest BCUT2D eigenvalue weighted by molar-refractivity contribution is 0.496. The Balaban J connectivity index is 0.000000380. The summed E-state index contributed by atoms with van der Waals surface area (Å²) in [5, 5.41) is 0. The first-order valence-electron chi connectivity index (χ1n) is 12.6. The first kappa shape index (κ1) is 25.9. The molecule has 0 saturated heterocycles. The molecule has 1 saturated carbocycles. The highest BCUT2D eigenvalue weighted by Crippen LogP contribution is 2.30. The molecule has 2 aromatic carbocycles. The Morgan fingerprint density at radius 3 is 2.09 bits per heavy atom. The summed E-state index contributed by atoms with van der Waals surface area (Å²) in [6, 6.07) is 17.6. The van der Waals surface area contributed by atoms with Crippen molar-refractivity contribution in [3.8, 4) is 0 Å². The maximum Gasteiger partial charge on any atom is 0.0961 e. The van der Waals surface area contributed by atoms with E-state index in [1.165, 1.54) is 60.8 Å². The van der Waals surface area contributed by atoms with Gasteiger partial charge in [0.2, 0.25) is 0 Å². The molecule has 32 heavy (non-hydrogen) atoms. The fourth-order valence-electron chi connectivity index (χ4n) is 4.59. The lowest BCUT2D eigenvalue weighted by atomic mass is 9.88. The number of aryl methyl sites for hydroxylation is 2. The molecule has 2 N–H and O–H groups in total. The SMILES string of the molecule is C/C=C(\N=C(C)N)C(Cc1ccc(C)cc1)c1ccc(CC)cc1.CCCC1CCCC1. The minimum absolute atomic E-state index is 0.210. The normalized spacial score (nSPS) is 15.9. The van der Waals surface area contributed by atoms with Crippen molar-refractivity contribution >= 4 is 5.84 Å². The fraction of sp³-hybridized carbons (Fsp3) is 0.500. The predicted octanol–water partition coefficient (Wildman–Crippen LogP) is 8.14. The van der Waals surface area contributed by atoms with Crippen molar-refractivity contribution < 1.29 is 0 Å². The van der Waals surface area contributed by atoms with E-state index in [9.17, 15) is 0 Å². The van der Waals surface area contributed by atoms with Crippen LogP contribution < -0.4 is 5.73 Å². The number of allylic oxidation sites excluding steroid dienone is 2. The molecule has 1 aliphatic rings. The monoisotopic (exact) mass is 432 g/mol. The Morgan fingerprint density at radius 1 is 1.00 bits per heavy atom. The first-order chi connectivity index (χ1) is 15.5. The van der Waals surface area contributed by atoms with Crippen LogP contribution >= 0.6 is 0 Å². The van der Waals surface area contributed by atoms with Gasteiger partial charge in [0.25, 0.3) is 0 Å². The molecule has 174 valence electrons. The first-order valence-corrected chi connectivity index (χ1v) is 12.6. The second kappa shape index (κ2) is 13.9. The molecule has 0 heterocycles. The highest BCUT2D eigenvalue weighted by Gasteiger charge is 2.17. The van der Waals surface area contributed by atoms with Gasteiger partial charge in [-0.1, -0.05) is 113 Å². The van der Waals surface area contributed by atoms with E-state index < -0.39 is 0 Å². The van der Waals surface area contributed by atoms with Crippen LogP contribution in [0.15, 0.2) is 65.3 Å². The highest BCUT2D eigenvalue weighted by atomic mass is 14.9. The molecule has 2 nitrogen and oxygen atoms in total. The summed E-state index contributed by atoms with van der Waals surface area (Å²) >= 11 is 0. The van der Waals surface area contributed by atoms with E-state index in [0.717, 1.165) is 24.5 Å². The van der Waals surface area contributed by atoms with Crippen molar-refractivity contribution in [2.45, 2.75) is 91.9 Å². The molecule has 2 heteroatoms. The summed E-state index contributed by atoms with van der Waals surface area (Å²) in [7, 11) is 0. The average molecular weight is 433 g/mol. The van der Waals surface area contributed by atoms with Crippen molar-refractivity contribution in [1.29, 1.82) is 0 Å². The second-order valence-electron chi connectivity index (χ2n) is 9.24. The maximum absolute atomic E-state index is 5.85. The number of aliphatic imine (C=N–C) groups is 1. The highest BCUT2D eigenvalue weighted by molar-refractivity contribution is 5.78. The van der Waals surface area contributed by atoms with Crippen molar-refractivity contribution in [2.24, 2.45) is 16.6 Å². The molecule has 0 radical (unpaired) electrons. The predicted molar refractivity (Wildman–Crippen MR) is 141 cm³/mol. The van der Waals surface area contributed by atoms with Gasteiger partial charge < -0.3 is 5.73 Å². The van der Waals surface area contributed by atoms with Gasteiger partial charge in [0, 0.05) is 11.6 Å². The van der Waals surface area contributed by atoms with Crippen molar-refractivity contribution in [2.75, 3.05) is 0 Å².